The Morgan fingerprint density at radius 3 is 2.62 bits per heavy atom. The average Bonchev–Trinajstić information content (AvgIpc) is 3.38. The Kier molecular flexibility index (Phi) is 7.46. The van der Waals surface area contributed by atoms with E-state index in [2.05, 4.69) is 27.2 Å². The van der Waals surface area contributed by atoms with Crippen molar-refractivity contribution >= 4 is 60.5 Å². The number of hydrogen-bond donors (Lipinski definition) is 2. The van der Waals surface area contributed by atoms with Crippen LogP contribution in [0, 0.1) is 5.82 Å². The molecule has 2 aromatic heterocycles. The first-order chi connectivity index (χ1) is 18.7. The molecule has 2 N–H and O–H groups in total. The second-order valence-corrected chi connectivity index (χ2v) is 11.6. The van der Waals surface area contributed by atoms with Gasteiger partial charge in [-0.25, -0.2) is 17.8 Å². The molecule has 13 heteroatoms. The number of sulfonamides is 1. The molecule has 39 heavy (non-hydrogen) atoms. The third-order valence-electron chi connectivity index (χ3n) is 6.03. The van der Waals surface area contributed by atoms with Crippen LogP contribution in [0.4, 0.5) is 27.4 Å². The van der Waals surface area contributed by atoms with Crippen LogP contribution in [0.2, 0.25) is 0 Å². The quantitative estimate of drug-likeness (QED) is 0.297. The molecule has 0 saturated carbocycles. The minimum atomic E-state index is -3.27. The molecular formula is C26H25FN6O4S2. The van der Waals surface area contributed by atoms with Crippen LogP contribution in [0.1, 0.15) is 0 Å². The van der Waals surface area contributed by atoms with E-state index in [4.69, 9.17) is 4.74 Å². The monoisotopic (exact) mass is 568 g/mol. The van der Waals surface area contributed by atoms with Gasteiger partial charge in [0.2, 0.25) is 27.8 Å². The van der Waals surface area contributed by atoms with Crippen LogP contribution < -0.4 is 20.3 Å². The molecule has 3 heterocycles. The highest BCUT2D eigenvalue weighted by Gasteiger charge is 2.25. The number of amides is 1. The zero-order chi connectivity index (χ0) is 27.6. The van der Waals surface area contributed by atoms with E-state index in [0.29, 0.717) is 60.4 Å². The van der Waals surface area contributed by atoms with Crippen LogP contribution >= 0.6 is 11.3 Å². The van der Waals surface area contributed by atoms with Gasteiger partial charge in [-0.05, 0) is 47.9 Å². The van der Waals surface area contributed by atoms with Gasteiger partial charge in [-0.15, -0.1) is 11.3 Å². The summed E-state index contributed by atoms with van der Waals surface area (Å²) in [4.78, 5) is 22.5. The Labute approximate surface area is 228 Å². The Bertz CT molecular complexity index is 1650. The first kappa shape index (κ1) is 26.5. The van der Waals surface area contributed by atoms with Gasteiger partial charge in [0.05, 0.1) is 17.5 Å². The van der Waals surface area contributed by atoms with Gasteiger partial charge in [-0.3, -0.25) is 4.79 Å². The lowest BCUT2D eigenvalue weighted by atomic mass is 10.2. The summed E-state index contributed by atoms with van der Waals surface area (Å²) in [6, 6.07) is 13.4. The number of benzene rings is 2. The molecular weight excluding hydrogens is 543 g/mol. The maximum absolute atomic E-state index is 15.1. The van der Waals surface area contributed by atoms with Crippen molar-refractivity contribution in [1.29, 1.82) is 0 Å². The first-order valence-corrected chi connectivity index (χ1v) is 14.7. The third kappa shape index (κ3) is 6.16. The lowest BCUT2D eigenvalue weighted by molar-refractivity contribution is -0.111. The van der Waals surface area contributed by atoms with Gasteiger partial charge in [0.15, 0.2) is 0 Å². The average molecular weight is 569 g/mol. The molecule has 0 bridgehead atoms. The molecule has 1 aliphatic heterocycles. The summed E-state index contributed by atoms with van der Waals surface area (Å²) in [6.45, 7) is 4.85. The lowest BCUT2D eigenvalue weighted by Gasteiger charge is -2.34. The fraction of sp³-hybridized carbons (Fsp3) is 0.192. The number of fused-ring (bicyclic) bond motifs is 1. The highest BCUT2D eigenvalue weighted by molar-refractivity contribution is 7.88. The van der Waals surface area contributed by atoms with Crippen molar-refractivity contribution in [2.45, 2.75) is 0 Å². The number of nitrogens with zero attached hydrogens (tertiary/aromatic N) is 4. The molecule has 5 rings (SSSR count). The minimum Gasteiger partial charge on any atom is -0.437 e. The van der Waals surface area contributed by atoms with Gasteiger partial charge < -0.3 is 20.3 Å². The van der Waals surface area contributed by atoms with E-state index in [0.717, 1.165) is 4.70 Å². The van der Waals surface area contributed by atoms with Crippen molar-refractivity contribution in [3.63, 3.8) is 0 Å². The molecule has 202 valence electrons. The van der Waals surface area contributed by atoms with E-state index in [-0.39, 0.29) is 11.9 Å². The molecule has 0 radical (unpaired) electrons. The van der Waals surface area contributed by atoms with Gasteiger partial charge in [-0.1, -0.05) is 12.6 Å². The van der Waals surface area contributed by atoms with Crippen LogP contribution in [0.15, 0.2) is 66.6 Å². The molecule has 2 aromatic carbocycles. The van der Waals surface area contributed by atoms with Crippen molar-refractivity contribution in [2.24, 2.45) is 0 Å². The number of rotatable bonds is 8. The number of hydrogen-bond acceptors (Lipinski definition) is 9. The molecule has 1 aliphatic rings. The summed E-state index contributed by atoms with van der Waals surface area (Å²) in [5, 5.41) is 7.60. The van der Waals surface area contributed by atoms with E-state index in [1.807, 2.05) is 16.3 Å². The first-order valence-electron chi connectivity index (χ1n) is 11.9. The predicted molar refractivity (Wildman–Crippen MR) is 151 cm³/mol. The number of carbonyl (C=O) groups is 1. The highest BCUT2D eigenvalue weighted by Crippen LogP contribution is 2.34. The second kappa shape index (κ2) is 11.0. The minimum absolute atomic E-state index is 0.223. The third-order valence-corrected chi connectivity index (χ3v) is 8.22. The zero-order valence-corrected chi connectivity index (χ0v) is 22.6. The van der Waals surface area contributed by atoms with E-state index in [9.17, 15) is 13.2 Å². The molecule has 1 amide bonds. The Hall–Kier alpha value is -4.07. The number of halogens is 1. The second-order valence-electron chi connectivity index (χ2n) is 8.75. The topological polar surface area (TPSA) is 117 Å². The van der Waals surface area contributed by atoms with Gasteiger partial charge in [0, 0.05) is 43.6 Å². The fourth-order valence-corrected chi connectivity index (χ4v) is 5.72. The SMILES string of the molecule is C=CC(=O)Nc1cccc(Oc2nc(Nc3ccc(N4CCN(S(C)(=O)=O)CC4)c(F)c3)nc3ccsc23)c1. The zero-order valence-electron chi connectivity index (χ0n) is 20.9. The molecule has 1 saturated heterocycles. The van der Waals surface area contributed by atoms with Crippen LogP contribution in [0.5, 0.6) is 11.6 Å². The molecule has 0 unspecified atom stereocenters. The van der Waals surface area contributed by atoms with Crippen molar-refractivity contribution < 1.29 is 22.3 Å². The van der Waals surface area contributed by atoms with Gasteiger partial charge >= 0.3 is 0 Å². The number of nitrogens with one attached hydrogen (secondary N) is 2. The maximum Gasteiger partial charge on any atom is 0.247 e. The molecule has 0 spiro atoms. The van der Waals surface area contributed by atoms with Gasteiger partial charge in [-0.2, -0.15) is 9.29 Å². The fourth-order valence-electron chi connectivity index (χ4n) is 4.13. The number of thiophene rings is 1. The van der Waals surface area contributed by atoms with E-state index in [1.165, 1.54) is 34.0 Å². The molecule has 0 atom stereocenters. The van der Waals surface area contributed by atoms with E-state index < -0.39 is 15.8 Å². The number of piperazine rings is 1. The molecule has 0 aliphatic carbocycles. The summed E-state index contributed by atoms with van der Waals surface area (Å²) < 4.78 is 46.8. The highest BCUT2D eigenvalue weighted by atomic mass is 32.2. The van der Waals surface area contributed by atoms with Crippen LogP contribution in [-0.2, 0) is 14.8 Å². The normalized spacial score (nSPS) is 14.3. The predicted octanol–water partition coefficient (Wildman–Crippen LogP) is 4.57. The van der Waals surface area contributed by atoms with Gasteiger partial charge in [0.25, 0.3) is 0 Å². The summed E-state index contributed by atoms with van der Waals surface area (Å²) in [7, 11) is -3.27. The van der Waals surface area contributed by atoms with Crippen molar-refractivity contribution in [3.8, 4) is 11.6 Å². The Morgan fingerprint density at radius 2 is 1.90 bits per heavy atom. The van der Waals surface area contributed by atoms with Crippen LogP contribution in [0.3, 0.4) is 0 Å². The molecule has 4 aromatic rings. The Balaban J connectivity index is 1.34. The van der Waals surface area contributed by atoms with Crippen molar-refractivity contribution in [3.05, 3.63) is 72.4 Å². The Morgan fingerprint density at radius 1 is 1.10 bits per heavy atom. The summed E-state index contributed by atoms with van der Waals surface area (Å²) in [5.41, 5.74) is 2.04. The van der Waals surface area contributed by atoms with E-state index >= 15 is 4.39 Å². The molecule has 1 fully saturated rings. The van der Waals surface area contributed by atoms with E-state index in [1.54, 1.807) is 36.4 Å². The lowest BCUT2D eigenvalue weighted by Crippen LogP contribution is -2.48. The number of aromatic nitrogens is 2. The van der Waals surface area contributed by atoms with Crippen LogP contribution in [0.25, 0.3) is 10.2 Å². The number of anilines is 4. The molecule has 10 nitrogen and oxygen atoms in total. The number of ether oxygens (including phenoxy) is 1. The summed E-state index contributed by atoms with van der Waals surface area (Å²) in [6.07, 6.45) is 2.36. The number of carbonyl (C=O) groups excluding carboxylic acids is 1. The summed E-state index contributed by atoms with van der Waals surface area (Å²) in [5.74, 6) is 0.212. The van der Waals surface area contributed by atoms with Crippen molar-refractivity contribution in [2.75, 3.05) is 48.0 Å². The maximum atomic E-state index is 15.1. The largest absolute Gasteiger partial charge is 0.437 e. The van der Waals surface area contributed by atoms with Crippen LogP contribution in [-0.4, -0.2) is 61.0 Å². The standard InChI is InChI=1S/C26H25FN6O4S2/c1-3-23(34)28-17-5-4-6-19(15-17)37-25-24-21(9-14-38-24)30-26(31-25)29-18-7-8-22(20(27)16-18)32-10-12-33(13-11-32)39(2,35)36/h3-9,14-16H,1,10-13H2,2H3,(H,28,34)(H,29,30,31). The summed E-state index contributed by atoms with van der Waals surface area (Å²) >= 11 is 1.42. The van der Waals surface area contributed by atoms with Crippen molar-refractivity contribution in [1.82, 2.24) is 14.3 Å². The smallest absolute Gasteiger partial charge is 0.247 e. The van der Waals surface area contributed by atoms with Gasteiger partial charge in [0.1, 0.15) is 16.3 Å².